The van der Waals surface area contributed by atoms with Crippen LogP contribution < -0.4 is 15.5 Å². The van der Waals surface area contributed by atoms with Crippen LogP contribution in [-0.2, 0) is 6.42 Å². The Kier molecular flexibility index (Phi) is 5.58. The lowest BCUT2D eigenvalue weighted by atomic mass is 10.1. The minimum Gasteiger partial charge on any atom is -0.378 e. The van der Waals surface area contributed by atoms with Crippen LogP contribution in [0.5, 0.6) is 0 Å². The molecule has 0 spiro atoms. The Balaban J connectivity index is 1.58. The first-order valence-corrected chi connectivity index (χ1v) is 8.33. The molecule has 0 radical (unpaired) electrons. The molecule has 1 aromatic heterocycles. The van der Waals surface area contributed by atoms with Crippen molar-refractivity contribution in [1.82, 2.24) is 15.2 Å². The molecule has 0 aliphatic heterocycles. The van der Waals surface area contributed by atoms with Gasteiger partial charge in [-0.15, -0.1) is 5.10 Å². The van der Waals surface area contributed by atoms with E-state index in [1.807, 2.05) is 49.3 Å². The third-order valence-electron chi connectivity index (χ3n) is 3.86. The van der Waals surface area contributed by atoms with E-state index in [0.29, 0.717) is 30.3 Å². The van der Waals surface area contributed by atoms with Crippen LogP contribution in [0, 0.1) is 5.82 Å². The van der Waals surface area contributed by atoms with Gasteiger partial charge < -0.3 is 15.5 Å². The molecule has 134 valence electrons. The molecule has 6 nitrogen and oxygen atoms in total. The van der Waals surface area contributed by atoms with E-state index >= 15 is 0 Å². The largest absolute Gasteiger partial charge is 0.378 e. The normalized spacial score (nSPS) is 10.4. The summed E-state index contributed by atoms with van der Waals surface area (Å²) in [6.07, 6.45) is 2.10. The summed E-state index contributed by atoms with van der Waals surface area (Å²) < 4.78 is 13.6. The van der Waals surface area contributed by atoms with E-state index in [0.717, 1.165) is 11.4 Å². The minimum absolute atomic E-state index is 0.196. The van der Waals surface area contributed by atoms with Crippen LogP contribution in [0.4, 0.5) is 27.5 Å². The van der Waals surface area contributed by atoms with Crippen molar-refractivity contribution in [1.29, 1.82) is 0 Å². The molecule has 7 heteroatoms. The Bertz CT molecular complexity index is 851. The summed E-state index contributed by atoms with van der Waals surface area (Å²) in [7, 11) is 3.98. The zero-order valence-corrected chi connectivity index (χ0v) is 14.8. The molecule has 0 bridgehead atoms. The third kappa shape index (κ3) is 4.66. The summed E-state index contributed by atoms with van der Waals surface area (Å²) >= 11 is 0. The van der Waals surface area contributed by atoms with Crippen molar-refractivity contribution in [2.24, 2.45) is 0 Å². The molecule has 0 aliphatic rings. The zero-order valence-electron chi connectivity index (χ0n) is 14.8. The number of hydrogen-bond acceptors (Lipinski definition) is 6. The van der Waals surface area contributed by atoms with Crippen molar-refractivity contribution < 1.29 is 4.39 Å². The van der Waals surface area contributed by atoms with Gasteiger partial charge in [0.05, 0.1) is 6.20 Å². The molecule has 0 fully saturated rings. The van der Waals surface area contributed by atoms with Gasteiger partial charge >= 0.3 is 0 Å². The molecule has 1 heterocycles. The van der Waals surface area contributed by atoms with Crippen LogP contribution in [0.1, 0.15) is 5.56 Å². The highest BCUT2D eigenvalue weighted by molar-refractivity contribution is 5.59. The molecular formula is C19H21FN6. The summed E-state index contributed by atoms with van der Waals surface area (Å²) in [5.74, 6) is 0.792. The third-order valence-corrected chi connectivity index (χ3v) is 3.86. The van der Waals surface area contributed by atoms with E-state index in [1.54, 1.807) is 18.3 Å². The van der Waals surface area contributed by atoms with Gasteiger partial charge in [-0.1, -0.05) is 18.2 Å². The van der Waals surface area contributed by atoms with Gasteiger partial charge in [0.25, 0.3) is 0 Å². The van der Waals surface area contributed by atoms with Crippen molar-refractivity contribution >= 4 is 23.1 Å². The Morgan fingerprint density at radius 2 is 1.81 bits per heavy atom. The van der Waals surface area contributed by atoms with Gasteiger partial charge in [0.2, 0.25) is 5.95 Å². The van der Waals surface area contributed by atoms with E-state index in [9.17, 15) is 4.39 Å². The number of rotatable bonds is 7. The second-order valence-electron chi connectivity index (χ2n) is 6.00. The quantitative estimate of drug-likeness (QED) is 0.679. The number of aromatic nitrogens is 3. The lowest BCUT2D eigenvalue weighted by molar-refractivity contribution is 0.610. The predicted molar refractivity (Wildman–Crippen MR) is 102 cm³/mol. The number of halogens is 1. The molecule has 2 N–H and O–H groups in total. The topological polar surface area (TPSA) is 66.0 Å². The van der Waals surface area contributed by atoms with Gasteiger partial charge in [-0.25, -0.2) is 4.39 Å². The van der Waals surface area contributed by atoms with E-state index in [4.69, 9.17) is 0 Å². The van der Waals surface area contributed by atoms with E-state index in [2.05, 4.69) is 25.8 Å². The number of nitrogens with zero attached hydrogens (tertiary/aromatic N) is 4. The number of hydrogen-bond donors (Lipinski definition) is 2. The predicted octanol–water partition coefficient (Wildman–Crippen LogP) is 3.47. The summed E-state index contributed by atoms with van der Waals surface area (Å²) in [6, 6.07) is 14.7. The van der Waals surface area contributed by atoms with Gasteiger partial charge in [0.1, 0.15) is 5.82 Å². The van der Waals surface area contributed by atoms with Crippen LogP contribution in [-0.4, -0.2) is 35.8 Å². The number of benzene rings is 2. The van der Waals surface area contributed by atoms with Crippen molar-refractivity contribution in [3.05, 3.63) is 66.1 Å². The minimum atomic E-state index is -0.196. The zero-order chi connectivity index (χ0) is 18.4. The second kappa shape index (κ2) is 8.24. The van der Waals surface area contributed by atoms with Gasteiger partial charge in [-0.05, 0) is 42.3 Å². The highest BCUT2D eigenvalue weighted by Crippen LogP contribution is 2.18. The SMILES string of the molecule is CN(C)c1ccc(Nc2nncc(NCCc3ccccc3F)n2)cc1. The van der Waals surface area contributed by atoms with Crippen LogP contribution in [0.2, 0.25) is 0 Å². The van der Waals surface area contributed by atoms with E-state index in [1.165, 1.54) is 6.07 Å². The smallest absolute Gasteiger partial charge is 0.249 e. The lowest BCUT2D eigenvalue weighted by Crippen LogP contribution is -2.10. The highest BCUT2D eigenvalue weighted by atomic mass is 19.1. The Hall–Kier alpha value is -3.22. The number of nitrogens with one attached hydrogen (secondary N) is 2. The first kappa shape index (κ1) is 17.6. The maximum absolute atomic E-state index is 13.6. The van der Waals surface area contributed by atoms with Gasteiger partial charge in [-0.3, -0.25) is 0 Å². The fourth-order valence-electron chi connectivity index (χ4n) is 2.44. The highest BCUT2D eigenvalue weighted by Gasteiger charge is 2.04. The maximum atomic E-state index is 13.6. The summed E-state index contributed by atoms with van der Waals surface area (Å²) in [4.78, 5) is 6.41. The van der Waals surface area contributed by atoms with Crippen molar-refractivity contribution in [2.75, 3.05) is 36.2 Å². The van der Waals surface area contributed by atoms with Crippen LogP contribution in [0.15, 0.2) is 54.7 Å². The van der Waals surface area contributed by atoms with Crippen molar-refractivity contribution in [3.8, 4) is 0 Å². The average Bonchev–Trinajstić information content (AvgIpc) is 2.64. The standard InChI is InChI=1S/C19H21FN6/c1-26(2)16-9-7-15(8-10-16)23-19-24-18(13-22-25-19)21-12-11-14-5-3-4-6-17(14)20/h3-10,13H,11-12H2,1-2H3,(H2,21,23,24,25). The van der Waals surface area contributed by atoms with Gasteiger partial charge in [0.15, 0.2) is 5.82 Å². The lowest BCUT2D eigenvalue weighted by Gasteiger charge is -2.13. The van der Waals surface area contributed by atoms with Gasteiger partial charge in [0, 0.05) is 32.0 Å². The Morgan fingerprint density at radius 1 is 1.04 bits per heavy atom. The van der Waals surface area contributed by atoms with E-state index in [-0.39, 0.29) is 5.82 Å². The fourth-order valence-corrected chi connectivity index (χ4v) is 2.44. The fraction of sp³-hybridized carbons (Fsp3) is 0.211. The molecule has 0 unspecified atom stereocenters. The van der Waals surface area contributed by atoms with Crippen LogP contribution in [0.3, 0.4) is 0 Å². The Morgan fingerprint density at radius 3 is 2.54 bits per heavy atom. The average molecular weight is 352 g/mol. The molecule has 2 aromatic carbocycles. The Labute approximate surface area is 152 Å². The van der Waals surface area contributed by atoms with Crippen molar-refractivity contribution in [3.63, 3.8) is 0 Å². The molecule has 0 saturated heterocycles. The summed E-state index contributed by atoms with van der Waals surface area (Å²) in [6.45, 7) is 0.552. The second-order valence-corrected chi connectivity index (χ2v) is 6.00. The van der Waals surface area contributed by atoms with Crippen molar-refractivity contribution in [2.45, 2.75) is 6.42 Å². The molecule has 0 aliphatic carbocycles. The molecule has 0 saturated carbocycles. The van der Waals surface area contributed by atoms with Crippen LogP contribution >= 0.6 is 0 Å². The summed E-state index contributed by atoms with van der Waals surface area (Å²) in [5.41, 5.74) is 2.65. The molecular weight excluding hydrogens is 331 g/mol. The number of anilines is 4. The monoisotopic (exact) mass is 352 g/mol. The van der Waals surface area contributed by atoms with Crippen LogP contribution in [0.25, 0.3) is 0 Å². The maximum Gasteiger partial charge on any atom is 0.249 e. The summed E-state index contributed by atoms with van der Waals surface area (Å²) in [5, 5.41) is 14.2. The first-order valence-electron chi connectivity index (χ1n) is 8.33. The molecule has 0 atom stereocenters. The van der Waals surface area contributed by atoms with E-state index < -0.39 is 0 Å². The van der Waals surface area contributed by atoms with Gasteiger partial charge in [-0.2, -0.15) is 10.1 Å². The molecule has 0 amide bonds. The molecule has 3 aromatic rings. The molecule has 26 heavy (non-hydrogen) atoms. The first-order chi connectivity index (χ1) is 12.6. The molecule has 3 rings (SSSR count).